The van der Waals surface area contributed by atoms with Gasteiger partial charge >= 0.3 is 0 Å². The number of aromatic amines is 1. The molecule has 0 amide bonds. The van der Waals surface area contributed by atoms with Crippen molar-refractivity contribution in [1.82, 2.24) is 10.2 Å². The van der Waals surface area contributed by atoms with E-state index in [4.69, 9.17) is 0 Å². The van der Waals surface area contributed by atoms with Crippen LogP contribution < -0.4 is 5.32 Å². The number of nitrogens with zero attached hydrogens (tertiary/aromatic N) is 1. The number of aryl methyl sites for hydroxylation is 1. The van der Waals surface area contributed by atoms with E-state index in [1.165, 1.54) is 6.07 Å². The first-order valence-electron chi connectivity index (χ1n) is 5.19. The van der Waals surface area contributed by atoms with Gasteiger partial charge in [0, 0.05) is 6.20 Å². The molecule has 0 radical (unpaired) electrons. The highest BCUT2D eigenvalue weighted by atomic mass is 19.1. The zero-order valence-corrected chi connectivity index (χ0v) is 9.29. The summed E-state index contributed by atoms with van der Waals surface area (Å²) < 4.78 is 13.6. The second kappa shape index (κ2) is 4.35. The predicted octanol–water partition coefficient (Wildman–Crippen LogP) is 3.03. The third-order valence-electron chi connectivity index (χ3n) is 2.57. The first-order valence-corrected chi connectivity index (χ1v) is 5.19. The van der Waals surface area contributed by atoms with E-state index in [0.717, 1.165) is 11.3 Å². The molecule has 2 aromatic rings. The highest BCUT2D eigenvalue weighted by Gasteiger charge is 2.10. The molecule has 1 aromatic carbocycles. The van der Waals surface area contributed by atoms with E-state index in [9.17, 15) is 4.39 Å². The molecule has 1 heterocycles. The predicted molar refractivity (Wildman–Crippen MR) is 61.8 cm³/mol. The number of benzene rings is 1. The number of H-pyrrole nitrogens is 1. The number of hydrogen-bond donors (Lipinski definition) is 2. The summed E-state index contributed by atoms with van der Waals surface area (Å²) in [6.07, 6.45) is 1.68. The van der Waals surface area contributed by atoms with E-state index in [2.05, 4.69) is 15.5 Å². The molecule has 0 bridgehead atoms. The van der Waals surface area contributed by atoms with Gasteiger partial charge in [-0.2, -0.15) is 5.10 Å². The first-order chi connectivity index (χ1) is 7.68. The number of hydrogen-bond acceptors (Lipinski definition) is 2. The highest BCUT2D eigenvalue weighted by molar-refractivity contribution is 5.52. The van der Waals surface area contributed by atoms with Crippen LogP contribution in [-0.2, 0) is 0 Å². The molecule has 0 aliphatic rings. The summed E-state index contributed by atoms with van der Waals surface area (Å²) in [4.78, 5) is 0. The van der Waals surface area contributed by atoms with E-state index >= 15 is 0 Å². The lowest BCUT2D eigenvalue weighted by Crippen LogP contribution is -2.09. The molecule has 84 valence electrons. The molecule has 2 N–H and O–H groups in total. The Kier molecular flexibility index (Phi) is 2.90. The van der Waals surface area contributed by atoms with Crippen LogP contribution in [-0.4, -0.2) is 10.2 Å². The lowest BCUT2D eigenvalue weighted by Gasteiger charge is -2.16. The third-order valence-corrected chi connectivity index (χ3v) is 2.57. The standard InChI is InChI=1S/C12H14FN3/c1-8-4-3-5-10(13)12(8)15-9(2)11-6-7-14-16-11/h3-7,9,15H,1-2H3,(H,14,16). The van der Waals surface area contributed by atoms with E-state index < -0.39 is 0 Å². The van der Waals surface area contributed by atoms with Crippen molar-refractivity contribution in [3.05, 3.63) is 47.5 Å². The maximum Gasteiger partial charge on any atom is 0.146 e. The Morgan fingerprint density at radius 1 is 1.38 bits per heavy atom. The van der Waals surface area contributed by atoms with E-state index in [-0.39, 0.29) is 11.9 Å². The van der Waals surface area contributed by atoms with Crippen LogP contribution in [0.2, 0.25) is 0 Å². The van der Waals surface area contributed by atoms with Crippen molar-refractivity contribution in [2.75, 3.05) is 5.32 Å². The molecule has 0 fully saturated rings. The lowest BCUT2D eigenvalue weighted by atomic mass is 10.1. The van der Waals surface area contributed by atoms with E-state index in [1.807, 2.05) is 26.0 Å². The van der Waals surface area contributed by atoms with Gasteiger partial charge in [0.05, 0.1) is 17.4 Å². The molecule has 0 aliphatic carbocycles. The normalized spacial score (nSPS) is 12.4. The highest BCUT2D eigenvalue weighted by Crippen LogP contribution is 2.23. The Hall–Kier alpha value is -1.84. The fourth-order valence-electron chi connectivity index (χ4n) is 1.62. The van der Waals surface area contributed by atoms with Gasteiger partial charge in [0.25, 0.3) is 0 Å². The molecule has 0 saturated heterocycles. The van der Waals surface area contributed by atoms with E-state index in [1.54, 1.807) is 12.3 Å². The summed E-state index contributed by atoms with van der Waals surface area (Å²) in [7, 11) is 0. The van der Waals surface area contributed by atoms with Crippen molar-refractivity contribution in [2.45, 2.75) is 19.9 Å². The maximum atomic E-state index is 13.6. The van der Waals surface area contributed by atoms with Gasteiger partial charge in [0.1, 0.15) is 5.82 Å². The minimum absolute atomic E-state index is 0.00176. The molecule has 0 spiro atoms. The Morgan fingerprint density at radius 2 is 2.19 bits per heavy atom. The van der Waals surface area contributed by atoms with E-state index in [0.29, 0.717) is 5.69 Å². The summed E-state index contributed by atoms with van der Waals surface area (Å²) in [5, 5.41) is 9.87. The Balaban J connectivity index is 2.21. The van der Waals surface area contributed by atoms with Crippen LogP contribution in [0.5, 0.6) is 0 Å². The quantitative estimate of drug-likeness (QED) is 0.833. The Morgan fingerprint density at radius 3 is 2.81 bits per heavy atom. The molecule has 4 heteroatoms. The molecule has 3 nitrogen and oxygen atoms in total. The Bertz CT molecular complexity index is 445. The fraction of sp³-hybridized carbons (Fsp3) is 0.250. The minimum Gasteiger partial charge on any atom is -0.374 e. The summed E-state index contributed by atoms with van der Waals surface area (Å²) in [5.74, 6) is -0.230. The zero-order chi connectivity index (χ0) is 11.5. The van der Waals surface area contributed by atoms with Gasteiger partial charge in [-0.15, -0.1) is 0 Å². The van der Waals surface area contributed by atoms with Crippen molar-refractivity contribution in [3.8, 4) is 0 Å². The van der Waals surface area contributed by atoms with Crippen molar-refractivity contribution >= 4 is 5.69 Å². The second-order valence-corrected chi connectivity index (χ2v) is 3.81. The Labute approximate surface area is 93.7 Å². The zero-order valence-electron chi connectivity index (χ0n) is 9.29. The van der Waals surface area contributed by atoms with Crippen molar-refractivity contribution < 1.29 is 4.39 Å². The van der Waals surface area contributed by atoms with Crippen LogP contribution in [0.15, 0.2) is 30.5 Å². The number of para-hydroxylation sites is 1. The van der Waals surface area contributed by atoms with Crippen LogP contribution >= 0.6 is 0 Å². The van der Waals surface area contributed by atoms with Crippen molar-refractivity contribution in [1.29, 1.82) is 0 Å². The van der Waals surface area contributed by atoms with Gasteiger partial charge in [-0.05, 0) is 31.5 Å². The number of halogens is 1. The molecular weight excluding hydrogens is 205 g/mol. The smallest absolute Gasteiger partial charge is 0.146 e. The van der Waals surface area contributed by atoms with Crippen LogP contribution in [0.25, 0.3) is 0 Å². The maximum absolute atomic E-state index is 13.6. The largest absolute Gasteiger partial charge is 0.374 e. The lowest BCUT2D eigenvalue weighted by molar-refractivity contribution is 0.625. The van der Waals surface area contributed by atoms with Gasteiger partial charge in [-0.1, -0.05) is 12.1 Å². The molecule has 1 atom stereocenters. The fourth-order valence-corrected chi connectivity index (χ4v) is 1.62. The minimum atomic E-state index is -0.230. The number of aromatic nitrogens is 2. The topological polar surface area (TPSA) is 40.7 Å². The summed E-state index contributed by atoms with van der Waals surface area (Å²) in [5.41, 5.74) is 2.37. The van der Waals surface area contributed by atoms with Gasteiger partial charge in [0.2, 0.25) is 0 Å². The number of rotatable bonds is 3. The average Bonchev–Trinajstić information content (AvgIpc) is 2.76. The number of anilines is 1. The van der Waals surface area contributed by atoms with Gasteiger partial charge in [-0.25, -0.2) is 4.39 Å². The SMILES string of the molecule is Cc1cccc(F)c1NC(C)c1ccn[nH]1. The summed E-state index contributed by atoms with van der Waals surface area (Å²) in [6.45, 7) is 3.84. The number of nitrogens with one attached hydrogen (secondary N) is 2. The van der Waals surface area contributed by atoms with Gasteiger partial charge in [-0.3, -0.25) is 5.10 Å². The van der Waals surface area contributed by atoms with Crippen LogP contribution in [0, 0.1) is 12.7 Å². The van der Waals surface area contributed by atoms with Crippen molar-refractivity contribution in [2.24, 2.45) is 0 Å². The van der Waals surface area contributed by atoms with Crippen molar-refractivity contribution in [3.63, 3.8) is 0 Å². The molecule has 1 unspecified atom stereocenters. The summed E-state index contributed by atoms with van der Waals surface area (Å²) in [6, 6.07) is 6.91. The molecule has 0 aliphatic heterocycles. The van der Waals surface area contributed by atoms with Gasteiger partial charge in [0.15, 0.2) is 0 Å². The third kappa shape index (κ3) is 2.05. The first kappa shape index (κ1) is 10.7. The van der Waals surface area contributed by atoms with Gasteiger partial charge < -0.3 is 5.32 Å². The molecule has 1 aromatic heterocycles. The molecule has 16 heavy (non-hydrogen) atoms. The summed E-state index contributed by atoms with van der Waals surface area (Å²) >= 11 is 0. The molecule has 0 saturated carbocycles. The second-order valence-electron chi connectivity index (χ2n) is 3.81. The molecule has 2 rings (SSSR count). The monoisotopic (exact) mass is 219 g/mol. The average molecular weight is 219 g/mol. The van der Waals surface area contributed by atoms with Crippen LogP contribution in [0.4, 0.5) is 10.1 Å². The molecular formula is C12H14FN3. The van der Waals surface area contributed by atoms with Crippen LogP contribution in [0.3, 0.4) is 0 Å². The van der Waals surface area contributed by atoms with Crippen LogP contribution in [0.1, 0.15) is 24.2 Å².